The number of carboxylic acids is 1. The Balaban J connectivity index is 2.20. The van der Waals surface area contributed by atoms with E-state index in [1.807, 2.05) is 30.3 Å². The summed E-state index contributed by atoms with van der Waals surface area (Å²) in [5, 5.41) is 11.3. The number of hydrogen-bond donors (Lipinski definition) is 3. The van der Waals surface area contributed by atoms with E-state index in [2.05, 4.69) is 5.32 Å². The van der Waals surface area contributed by atoms with Crippen molar-refractivity contribution in [3.63, 3.8) is 0 Å². The third-order valence-electron chi connectivity index (χ3n) is 2.88. The monoisotopic (exact) mass is 330 g/mol. The van der Waals surface area contributed by atoms with Crippen LogP contribution in [0.5, 0.6) is 0 Å². The van der Waals surface area contributed by atoms with Crippen molar-refractivity contribution in [3.8, 4) is 0 Å². The fourth-order valence-electron chi connectivity index (χ4n) is 1.90. The molecule has 1 heterocycles. The number of aliphatic carboxylic acids is 1. The average molecular weight is 330 g/mol. The standard InChI is InChI=1S/C16H14N2O4S/c17-15(22)12-9-11(8-10-4-2-1-3-5-10)23-16(12)18-13(19)6-7-14(20)21/h1-7,9H,8H2,(H2,17,22)(H,18,19)(H,20,21). The first kappa shape index (κ1) is 16.4. The van der Waals surface area contributed by atoms with Crippen LogP contribution >= 0.6 is 11.3 Å². The molecule has 0 bridgehead atoms. The fourth-order valence-corrected chi connectivity index (χ4v) is 3.00. The Morgan fingerprint density at radius 3 is 2.48 bits per heavy atom. The first-order valence-corrected chi connectivity index (χ1v) is 7.46. The Bertz CT molecular complexity index is 766. The lowest BCUT2D eigenvalue weighted by molar-refractivity contribution is -0.131. The molecule has 0 saturated heterocycles. The molecule has 0 saturated carbocycles. The van der Waals surface area contributed by atoms with Gasteiger partial charge in [0.15, 0.2) is 0 Å². The molecule has 1 aromatic heterocycles. The molecule has 0 aliphatic carbocycles. The molecule has 2 aromatic rings. The van der Waals surface area contributed by atoms with Crippen molar-refractivity contribution in [3.05, 3.63) is 64.6 Å². The quantitative estimate of drug-likeness (QED) is 0.704. The second-order valence-corrected chi connectivity index (χ2v) is 5.78. The van der Waals surface area contributed by atoms with Crippen LogP contribution in [0.25, 0.3) is 0 Å². The van der Waals surface area contributed by atoms with E-state index in [0.717, 1.165) is 22.6 Å². The molecule has 2 rings (SSSR count). The van der Waals surface area contributed by atoms with Crippen LogP contribution in [-0.4, -0.2) is 22.9 Å². The SMILES string of the molecule is NC(=O)c1cc(Cc2ccccc2)sc1NC(=O)C=CC(=O)O. The average Bonchev–Trinajstić information content (AvgIpc) is 2.89. The van der Waals surface area contributed by atoms with Gasteiger partial charge in [0.2, 0.25) is 5.91 Å². The highest BCUT2D eigenvalue weighted by Crippen LogP contribution is 2.29. The van der Waals surface area contributed by atoms with E-state index in [1.54, 1.807) is 6.07 Å². The van der Waals surface area contributed by atoms with E-state index in [-0.39, 0.29) is 5.56 Å². The summed E-state index contributed by atoms with van der Waals surface area (Å²) in [5.74, 6) is -2.52. The first-order chi connectivity index (χ1) is 11.0. The number of rotatable bonds is 6. The molecular weight excluding hydrogens is 316 g/mol. The molecule has 0 spiro atoms. The molecule has 4 N–H and O–H groups in total. The number of amides is 2. The Labute approximate surface area is 136 Å². The summed E-state index contributed by atoms with van der Waals surface area (Å²) >= 11 is 1.23. The smallest absolute Gasteiger partial charge is 0.328 e. The van der Waals surface area contributed by atoms with Gasteiger partial charge in [-0.3, -0.25) is 9.59 Å². The fraction of sp³-hybridized carbons (Fsp3) is 0.0625. The van der Waals surface area contributed by atoms with Gasteiger partial charge in [-0.1, -0.05) is 30.3 Å². The van der Waals surface area contributed by atoms with Gasteiger partial charge < -0.3 is 16.2 Å². The summed E-state index contributed by atoms with van der Waals surface area (Å²) in [4.78, 5) is 34.4. The van der Waals surface area contributed by atoms with Crippen LogP contribution in [-0.2, 0) is 16.0 Å². The third kappa shape index (κ3) is 4.79. The molecule has 0 aliphatic heterocycles. The van der Waals surface area contributed by atoms with Gasteiger partial charge >= 0.3 is 5.97 Å². The predicted octanol–water partition coefficient (Wildman–Crippen LogP) is 2.02. The number of carbonyl (C=O) groups excluding carboxylic acids is 2. The lowest BCUT2D eigenvalue weighted by Gasteiger charge is -2.00. The lowest BCUT2D eigenvalue weighted by atomic mass is 10.1. The Morgan fingerprint density at radius 1 is 1.17 bits per heavy atom. The largest absolute Gasteiger partial charge is 0.478 e. The Hall–Kier alpha value is -2.93. The van der Waals surface area contributed by atoms with Crippen LogP contribution in [0.1, 0.15) is 20.8 Å². The first-order valence-electron chi connectivity index (χ1n) is 6.64. The van der Waals surface area contributed by atoms with Crippen molar-refractivity contribution in [2.45, 2.75) is 6.42 Å². The van der Waals surface area contributed by atoms with Crippen molar-refractivity contribution in [2.75, 3.05) is 5.32 Å². The second-order valence-electron chi connectivity index (χ2n) is 4.64. The molecule has 0 aliphatic rings. The molecule has 0 atom stereocenters. The number of thiophene rings is 1. The van der Waals surface area contributed by atoms with E-state index >= 15 is 0 Å². The van der Waals surface area contributed by atoms with Gasteiger partial charge in [0.05, 0.1) is 5.56 Å². The van der Waals surface area contributed by atoms with Gasteiger partial charge in [-0.05, 0) is 11.6 Å². The maximum atomic E-state index is 11.7. The van der Waals surface area contributed by atoms with E-state index in [9.17, 15) is 14.4 Å². The van der Waals surface area contributed by atoms with Crippen LogP contribution in [0.15, 0.2) is 48.6 Å². The van der Waals surface area contributed by atoms with Crippen LogP contribution < -0.4 is 11.1 Å². The number of benzene rings is 1. The van der Waals surface area contributed by atoms with E-state index in [4.69, 9.17) is 10.8 Å². The van der Waals surface area contributed by atoms with Crippen molar-refractivity contribution >= 4 is 34.1 Å². The highest BCUT2D eigenvalue weighted by atomic mass is 32.1. The topological polar surface area (TPSA) is 109 Å². The number of carboxylic acid groups (broad SMARTS) is 1. The summed E-state index contributed by atoms with van der Waals surface area (Å²) < 4.78 is 0. The Morgan fingerprint density at radius 2 is 1.87 bits per heavy atom. The van der Waals surface area contributed by atoms with E-state index in [0.29, 0.717) is 11.4 Å². The van der Waals surface area contributed by atoms with Crippen LogP contribution in [0.4, 0.5) is 5.00 Å². The van der Waals surface area contributed by atoms with Crippen LogP contribution in [0.3, 0.4) is 0 Å². The molecule has 0 fully saturated rings. The highest BCUT2D eigenvalue weighted by molar-refractivity contribution is 7.16. The summed E-state index contributed by atoms with van der Waals surface area (Å²) in [6.07, 6.45) is 2.20. The van der Waals surface area contributed by atoms with E-state index < -0.39 is 17.8 Å². The zero-order valence-corrected chi connectivity index (χ0v) is 12.8. The molecule has 118 valence electrons. The number of nitrogens with one attached hydrogen (secondary N) is 1. The molecule has 1 aromatic carbocycles. The van der Waals surface area contributed by atoms with Gasteiger partial charge in [0.25, 0.3) is 5.91 Å². The predicted molar refractivity (Wildman–Crippen MR) is 87.5 cm³/mol. The molecule has 0 radical (unpaired) electrons. The number of primary amides is 1. The zero-order chi connectivity index (χ0) is 16.8. The second kappa shape index (κ2) is 7.37. The molecule has 7 heteroatoms. The van der Waals surface area contributed by atoms with Crippen LogP contribution in [0, 0.1) is 0 Å². The minimum Gasteiger partial charge on any atom is -0.478 e. The van der Waals surface area contributed by atoms with Crippen molar-refractivity contribution in [2.24, 2.45) is 5.73 Å². The summed E-state index contributed by atoms with van der Waals surface area (Å²) in [6, 6.07) is 11.3. The number of nitrogens with two attached hydrogens (primary N) is 1. The normalized spacial score (nSPS) is 10.6. The summed E-state index contributed by atoms with van der Waals surface area (Å²) in [5.41, 5.74) is 6.59. The minimum absolute atomic E-state index is 0.206. The van der Waals surface area contributed by atoms with Crippen molar-refractivity contribution in [1.82, 2.24) is 0 Å². The third-order valence-corrected chi connectivity index (χ3v) is 3.93. The number of anilines is 1. The zero-order valence-electron chi connectivity index (χ0n) is 12.0. The molecular formula is C16H14N2O4S. The van der Waals surface area contributed by atoms with Crippen LogP contribution in [0.2, 0.25) is 0 Å². The van der Waals surface area contributed by atoms with Crippen molar-refractivity contribution < 1.29 is 19.5 Å². The number of hydrogen-bond acceptors (Lipinski definition) is 4. The maximum absolute atomic E-state index is 11.7. The van der Waals surface area contributed by atoms with Gasteiger partial charge in [-0.2, -0.15) is 0 Å². The molecule has 6 nitrogen and oxygen atoms in total. The lowest BCUT2D eigenvalue weighted by Crippen LogP contribution is -2.15. The van der Waals surface area contributed by atoms with Gasteiger partial charge in [0.1, 0.15) is 5.00 Å². The molecule has 23 heavy (non-hydrogen) atoms. The Kier molecular flexibility index (Phi) is 5.27. The van der Waals surface area contributed by atoms with Gasteiger partial charge in [0, 0.05) is 23.5 Å². The molecule has 0 unspecified atom stereocenters. The maximum Gasteiger partial charge on any atom is 0.328 e. The van der Waals surface area contributed by atoms with Gasteiger partial charge in [-0.15, -0.1) is 11.3 Å². The van der Waals surface area contributed by atoms with Gasteiger partial charge in [-0.25, -0.2) is 4.79 Å². The molecule has 2 amide bonds. The van der Waals surface area contributed by atoms with E-state index in [1.165, 1.54) is 11.3 Å². The highest BCUT2D eigenvalue weighted by Gasteiger charge is 2.15. The van der Waals surface area contributed by atoms with Crippen molar-refractivity contribution in [1.29, 1.82) is 0 Å². The summed E-state index contributed by atoms with van der Waals surface area (Å²) in [7, 11) is 0. The summed E-state index contributed by atoms with van der Waals surface area (Å²) in [6.45, 7) is 0. The minimum atomic E-state index is -1.23. The number of carbonyl (C=O) groups is 3.